The third-order valence-corrected chi connectivity index (χ3v) is 2.11. The first-order valence-electron chi connectivity index (χ1n) is 3.39. The van der Waals surface area contributed by atoms with E-state index in [2.05, 4.69) is 0 Å². The number of hydrogen-bond acceptors (Lipinski definition) is 3. The summed E-state index contributed by atoms with van der Waals surface area (Å²) in [5.74, 6) is 0.419. The zero-order valence-electron chi connectivity index (χ0n) is 6.36. The monoisotopic (exact) mass is 183 g/mol. The lowest BCUT2D eigenvalue weighted by atomic mass is 10.2. The van der Waals surface area contributed by atoms with Gasteiger partial charge in [0.05, 0.1) is 0 Å². The van der Waals surface area contributed by atoms with Gasteiger partial charge in [-0.25, -0.2) is 4.79 Å². The van der Waals surface area contributed by atoms with Crippen LogP contribution in [0.15, 0.2) is 24.3 Å². The summed E-state index contributed by atoms with van der Waals surface area (Å²) in [5, 5.41) is 7.51. The predicted molar refractivity (Wildman–Crippen MR) is 50.2 cm³/mol. The first-order valence-corrected chi connectivity index (χ1v) is 4.38. The molecule has 1 aromatic carbocycles. The van der Waals surface area contributed by atoms with Crippen LogP contribution in [0, 0.1) is 0 Å². The van der Waals surface area contributed by atoms with Crippen molar-refractivity contribution >= 4 is 22.8 Å². The lowest BCUT2D eigenvalue weighted by molar-refractivity contribution is 0.222. The SMILES string of the molecule is Nc1ccccc1CSC(=O)O. The Kier molecular flexibility index (Phi) is 2.99. The van der Waals surface area contributed by atoms with Crippen LogP contribution in [0.4, 0.5) is 10.5 Å². The number of carbonyl (C=O) groups is 1. The van der Waals surface area contributed by atoms with Crippen molar-refractivity contribution in [2.45, 2.75) is 5.75 Å². The van der Waals surface area contributed by atoms with Crippen molar-refractivity contribution in [2.75, 3.05) is 5.73 Å². The fourth-order valence-corrected chi connectivity index (χ4v) is 1.35. The molecule has 4 heteroatoms. The van der Waals surface area contributed by atoms with E-state index in [0.29, 0.717) is 11.4 Å². The van der Waals surface area contributed by atoms with Gasteiger partial charge in [-0.15, -0.1) is 0 Å². The van der Waals surface area contributed by atoms with Crippen molar-refractivity contribution < 1.29 is 9.90 Å². The normalized spacial score (nSPS) is 9.67. The van der Waals surface area contributed by atoms with Gasteiger partial charge in [0.15, 0.2) is 0 Å². The third kappa shape index (κ3) is 2.47. The fourth-order valence-electron chi connectivity index (χ4n) is 0.805. The van der Waals surface area contributed by atoms with E-state index in [4.69, 9.17) is 10.8 Å². The highest BCUT2D eigenvalue weighted by atomic mass is 32.2. The second kappa shape index (κ2) is 4.01. The Labute approximate surface area is 74.6 Å². The van der Waals surface area contributed by atoms with E-state index >= 15 is 0 Å². The maximum absolute atomic E-state index is 10.2. The maximum Gasteiger partial charge on any atom is 0.365 e. The summed E-state index contributed by atoms with van der Waals surface area (Å²) < 4.78 is 0. The molecule has 0 aliphatic rings. The molecule has 0 heterocycles. The first kappa shape index (κ1) is 8.93. The van der Waals surface area contributed by atoms with Gasteiger partial charge in [-0.2, -0.15) is 0 Å². The molecule has 0 aromatic heterocycles. The Balaban J connectivity index is 2.63. The van der Waals surface area contributed by atoms with Crippen LogP contribution in [-0.2, 0) is 5.75 Å². The minimum absolute atomic E-state index is 0.419. The predicted octanol–water partition coefficient (Wildman–Crippen LogP) is 2.18. The van der Waals surface area contributed by atoms with Gasteiger partial charge >= 0.3 is 5.30 Å². The van der Waals surface area contributed by atoms with E-state index in [9.17, 15) is 4.79 Å². The molecule has 0 radical (unpaired) electrons. The zero-order chi connectivity index (χ0) is 8.97. The number of thioether (sulfide) groups is 1. The molecule has 0 aliphatic heterocycles. The van der Waals surface area contributed by atoms with E-state index < -0.39 is 5.30 Å². The number of rotatable bonds is 2. The highest BCUT2D eigenvalue weighted by Crippen LogP contribution is 2.17. The van der Waals surface area contributed by atoms with Crippen molar-refractivity contribution in [2.24, 2.45) is 0 Å². The van der Waals surface area contributed by atoms with Crippen LogP contribution >= 0.6 is 11.8 Å². The molecule has 0 unspecified atom stereocenters. The van der Waals surface area contributed by atoms with Crippen LogP contribution < -0.4 is 5.73 Å². The molecule has 0 spiro atoms. The summed E-state index contributed by atoms with van der Waals surface area (Å²) in [6.07, 6.45) is 0. The Morgan fingerprint density at radius 3 is 2.75 bits per heavy atom. The lowest BCUT2D eigenvalue weighted by Crippen LogP contribution is -1.93. The van der Waals surface area contributed by atoms with Gasteiger partial charge in [0.2, 0.25) is 0 Å². The summed E-state index contributed by atoms with van der Waals surface area (Å²) in [5.41, 5.74) is 7.11. The van der Waals surface area contributed by atoms with Crippen molar-refractivity contribution in [1.29, 1.82) is 0 Å². The average Bonchev–Trinajstić information content (AvgIpc) is 2.03. The molecular weight excluding hydrogens is 174 g/mol. The van der Waals surface area contributed by atoms with Crippen LogP contribution in [0.3, 0.4) is 0 Å². The van der Waals surface area contributed by atoms with Gasteiger partial charge in [0.25, 0.3) is 0 Å². The Bertz CT molecular complexity index is 288. The van der Waals surface area contributed by atoms with E-state index in [0.717, 1.165) is 17.3 Å². The molecule has 3 nitrogen and oxygen atoms in total. The van der Waals surface area contributed by atoms with Gasteiger partial charge in [-0.1, -0.05) is 18.2 Å². The molecule has 0 amide bonds. The third-order valence-electron chi connectivity index (χ3n) is 1.41. The quantitative estimate of drug-likeness (QED) is 0.690. The second-order valence-electron chi connectivity index (χ2n) is 2.25. The first-order chi connectivity index (χ1) is 5.70. The Hall–Kier alpha value is -1.16. The number of nitrogen functional groups attached to an aromatic ring is 1. The Morgan fingerprint density at radius 1 is 1.50 bits per heavy atom. The molecule has 0 bridgehead atoms. The molecule has 12 heavy (non-hydrogen) atoms. The van der Waals surface area contributed by atoms with Gasteiger partial charge in [-0.3, -0.25) is 0 Å². The summed E-state index contributed by atoms with van der Waals surface area (Å²) in [6, 6.07) is 7.25. The van der Waals surface area contributed by atoms with Crippen LogP contribution in [0.1, 0.15) is 5.56 Å². The lowest BCUT2D eigenvalue weighted by Gasteiger charge is -2.01. The topological polar surface area (TPSA) is 63.3 Å². The number of carboxylic acid groups (broad SMARTS) is 1. The average molecular weight is 183 g/mol. The molecule has 0 saturated carbocycles. The molecule has 0 fully saturated rings. The summed E-state index contributed by atoms with van der Waals surface area (Å²) in [6.45, 7) is 0. The standard InChI is InChI=1S/C8H9NO2S/c9-7-4-2-1-3-6(7)5-12-8(10)11/h1-4H,5,9H2,(H,10,11). The molecule has 1 aromatic rings. The molecule has 3 N–H and O–H groups in total. The van der Waals surface area contributed by atoms with Gasteiger partial charge in [-0.05, 0) is 23.4 Å². The van der Waals surface area contributed by atoms with Gasteiger partial charge in [0, 0.05) is 11.4 Å². The van der Waals surface area contributed by atoms with Crippen LogP contribution in [-0.4, -0.2) is 10.4 Å². The van der Waals surface area contributed by atoms with Crippen LogP contribution in [0.5, 0.6) is 0 Å². The van der Waals surface area contributed by atoms with E-state index in [1.807, 2.05) is 18.2 Å². The molecule has 0 aliphatic carbocycles. The zero-order valence-corrected chi connectivity index (χ0v) is 7.17. The van der Waals surface area contributed by atoms with E-state index in [1.165, 1.54) is 0 Å². The molecule has 0 atom stereocenters. The smallest absolute Gasteiger partial charge is 0.365 e. The van der Waals surface area contributed by atoms with Crippen molar-refractivity contribution in [3.8, 4) is 0 Å². The number of nitrogens with two attached hydrogens (primary N) is 1. The molecule has 64 valence electrons. The molecular formula is C8H9NO2S. The summed E-state index contributed by atoms with van der Waals surface area (Å²) in [4.78, 5) is 10.2. The number of para-hydroxylation sites is 1. The minimum Gasteiger partial charge on any atom is -0.473 e. The minimum atomic E-state index is -0.877. The van der Waals surface area contributed by atoms with Crippen LogP contribution in [0.2, 0.25) is 0 Å². The number of anilines is 1. The molecule has 1 rings (SSSR count). The van der Waals surface area contributed by atoms with Gasteiger partial charge in [0.1, 0.15) is 0 Å². The van der Waals surface area contributed by atoms with Crippen molar-refractivity contribution in [3.63, 3.8) is 0 Å². The van der Waals surface area contributed by atoms with Crippen LogP contribution in [0.25, 0.3) is 0 Å². The van der Waals surface area contributed by atoms with Gasteiger partial charge < -0.3 is 10.8 Å². The van der Waals surface area contributed by atoms with E-state index in [1.54, 1.807) is 6.07 Å². The van der Waals surface area contributed by atoms with E-state index in [-0.39, 0.29) is 0 Å². The summed E-state index contributed by atoms with van der Waals surface area (Å²) in [7, 11) is 0. The highest BCUT2D eigenvalue weighted by molar-refractivity contribution is 8.12. The Morgan fingerprint density at radius 2 is 2.17 bits per heavy atom. The maximum atomic E-state index is 10.2. The number of hydrogen-bond donors (Lipinski definition) is 2. The second-order valence-corrected chi connectivity index (χ2v) is 3.18. The highest BCUT2D eigenvalue weighted by Gasteiger charge is 2.01. The summed E-state index contributed by atoms with van der Waals surface area (Å²) >= 11 is 0.835. The van der Waals surface area contributed by atoms with Crippen molar-refractivity contribution in [3.05, 3.63) is 29.8 Å². The van der Waals surface area contributed by atoms with Crippen molar-refractivity contribution in [1.82, 2.24) is 0 Å². The largest absolute Gasteiger partial charge is 0.473 e. The fraction of sp³-hybridized carbons (Fsp3) is 0.125. The number of benzene rings is 1. The molecule has 0 saturated heterocycles.